The minimum absolute atomic E-state index is 0.185. The van der Waals surface area contributed by atoms with Crippen molar-refractivity contribution in [2.24, 2.45) is 0 Å². The van der Waals surface area contributed by atoms with Crippen molar-refractivity contribution in [2.75, 3.05) is 13.2 Å². The molecule has 1 rings (SSSR count). The van der Waals surface area contributed by atoms with Gasteiger partial charge in [-0.15, -0.1) is 0 Å². The second kappa shape index (κ2) is 6.99. The smallest absolute Gasteiger partial charge is 0.137 e. The molecule has 1 atom stereocenters. The Bertz CT molecular complexity index is 333. The Hall–Kier alpha value is -0.450. The second-order valence-corrected chi connectivity index (χ2v) is 4.50. The first kappa shape index (κ1) is 13.6. The van der Waals surface area contributed by atoms with E-state index in [0.717, 1.165) is 18.7 Å². The van der Waals surface area contributed by atoms with Crippen LogP contribution in [-0.4, -0.2) is 19.3 Å². The number of rotatable bonds is 6. The third kappa shape index (κ3) is 4.60. The molecule has 0 aliphatic rings. The molecular formula is C12H17BrFNO. The van der Waals surface area contributed by atoms with E-state index in [1.54, 1.807) is 6.07 Å². The summed E-state index contributed by atoms with van der Waals surface area (Å²) < 4.78 is 19.1. The summed E-state index contributed by atoms with van der Waals surface area (Å²) in [5.74, 6) is -0.225. The van der Waals surface area contributed by atoms with Crippen molar-refractivity contribution in [2.45, 2.75) is 26.5 Å². The lowest BCUT2D eigenvalue weighted by atomic mass is 10.2. The largest absolute Gasteiger partial charge is 0.377 e. The molecule has 0 heterocycles. The zero-order valence-corrected chi connectivity index (χ0v) is 11.2. The van der Waals surface area contributed by atoms with Crippen LogP contribution in [0.5, 0.6) is 0 Å². The van der Waals surface area contributed by atoms with Gasteiger partial charge in [0.2, 0.25) is 0 Å². The fraction of sp³-hybridized carbons (Fsp3) is 0.500. The summed E-state index contributed by atoms with van der Waals surface area (Å²) in [6.45, 7) is 6.13. The zero-order valence-electron chi connectivity index (χ0n) is 9.59. The Morgan fingerprint density at radius 2 is 2.25 bits per heavy atom. The van der Waals surface area contributed by atoms with Crippen molar-refractivity contribution < 1.29 is 9.13 Å². The molecule has 0 radical (unpaired) electrons. The van der Waals surface area contributed by atoms with Crippen molar-refractivity contribution in [1.29, 1.82) is 0 Å². The standard InChI is InChI=1S/C12H17BrFNO/c1-3-16-9(2)7-15-8-10-4-5-11(13)12(14)6-10/h4-6,9,15H,3,7-8H2,1-2H3. The van der Waals surface area contributed by atoms with Crippen LogP contribution >= 0.6 is 15.9 Å². The molecule has 90 valence electrons. The monoisotopic (exact) mass is 289 g/mol. The number of ether oxygens (including phenoxy) is 1. The van der Waals surface area contributed by atoms with Gasteiger partial charge in [-0.1, -0.05) is 6.07 Å². The van der Waals surface area contributed by atoms with Crippen molar-refractivity contribution in [3.63, 3.8) is 0 Å². The van der Waals surface area contributed by atoms with Crippen molar-refractivity contribution in [3.8, 4) is 0 Å². The molecule has 4 heteroatoms. The van der Waals surface area contributed by atoms with E-state index in [1.807, 2.05) is 19.9 Å². The molecule has 1 unspecified atom stereocenters. The van der Waals surface area contributed by atoms with Gasteiger partial charge in [0.25, 0.3) is 0 Å². The maximum atomic E-state index is 13.2. The van der Waals surface area contributed by atoms with Crippen LogP contribution in [0.4, 0.5) is 4.39 Å². The number of halogens is 2. The molecule has 1 N–H and O–H groups in total. The molecule has 1 aromatic rings. The predicted molar refractivity (Wildman–Crippen MR) is 66.9 cm³/mol. The van der Waals surface area contributed by atoms with Gasteiger partial charge in [0, 0.05) is 19.7 Å². The molecule has 0 aliphatic heterocycles. The van der Waals surface area contributed by atoms with Gasteiger partial charge in [0.15, 0.2) is 0 Å². The van der Waals surface area contributed by atoms with Crippen molar-refractivity contribution in [1.82, 2.24) is 5.32 Å². The van der Waals surface area contributed by atoms with Gasteiger partial charge in [-0.25, -0.2) is 4.39 Å². The van der Waals surface area contributed by atoms with Crippen LogP contribution in [-0.2, 0) is 11.3 Å². The Balaban J connectivity index is 2.34. The average molecular weight is 290 g/mol. The molecule has 16 heavy (non-hydrogen) atoms. The first-order valence-corrected chi connectivity index (χ1v) is 6.19. The topological polar surface area (TPSA) is 21.3 Å². The third-order valence-electron chi connectivity index (χ3n) is 2.20. The average Bonchev–Trinajstić information content (AvgIpc) is 2.24. The predicted octanol–water partition coefficient (Wildman–Crippen LogP) is 3.10. The van der Waals surface area contributed by atoms with Crippen LogP contribution in [0.3, 0.4) is 0 Å². The fourth-order valence-corrected chi connectivity index (χ4v) is 1.66. The van der Waals surface area contributed by atoms with Crippen LogP contribution in [0.1, 0.15) is 19.4 Å². The highest BCUT2D eigenvalue weighted by atomic mass is 79.9. The van der Waals surface area contributed by atoms with Gasteiger partial charge >= 0.3 is 0 Å². The van der Waals surface area contributed by atoms with E-state index < -0.39 is 0 Å². The zero-order chi connectivity index (χ0) is 12.0. The van der Waals surface area contributed by atoms with Crippen LogP contribution in [0.25, 0.3) is 0 Å². The van der Waals surface area contributed by atoms with Gasteiger partial charge in [-0.05, 0) is 47.5 Å². The summed E-state index contributed by atoms with van der Waals surface area (Å²) in [5.41, 5.74) is 0.935. The molecule has 0 aliphatic carbocycles. The number of benzene rings is 1. The van der Waals surface area contributed by atoms with Gasteiger partial charge < -0.3 is 10.1 Å². The Morgan fingerprint density at radius 1 is 1.50 bits per heavy atom. The van der Waals surface area contributed by atoms with Gasteiger partial charge in [-0.3, -0.25) is 0 Å². The molecule has 0 amide bonds. The molecule has 0 spiro atoms. The van der Waals surface area contributed by atoms with E-state index in [-0.39, 0.29) is 11.9 Å². The molecular weight excluding hydrogens is 273 g/mol. The normalized spacial score (nSPS) is 12.8. The maximum Gasteiger partial charge on any atom is 0.137 e. The van der Waals surface area contributed by atoms with Crippen LogP contribution in [0.15, 0.2) is 22.7 Å². The van der Waals surface area contributed by atoms with Crippen molar-refractivity contribution in [3.05, 3.63) is 34.1 Å². The highest BCUT2D eigenvalue weighted by molar-refractivity contribution is 9.10. The van der Waals surface area contributed by atoms with Crippen LogP contribution < -0.4 is 5.32 Å². The highest BCUT2D eigenvalue weighted by Crippen LogP contribution is 2.16. The molecule has 1 aromatic carbocycles. The molecule has 0 aromatic heterocycles. The van der Waals surface area contributed by atoms with E-state index in [0.29, 0.717) is 11.0 Å². The van der Waals surface area contributed by atoms with Gasteiger partial charge in [0.05, 0.1) is 10.6 Å². The van der Waals surface area contributed by atoms with E-state index in [9.17, 15) is 4.39 Å². The van der Waals surface area contributed by atoms with E-state index in [1.165, 1.54) is 6.07 Å². The summed E-state index contributed by atoms with van der Waals surface area (Å²) in [5, 5.41) is 3.23. The second-order valence-electron chi connectivity index (χ2n) is 3.65. The quantitative estimate of drug-likeness (QED) is 0.869. The van der Waals surface area contributed by atoms with E-state index >= 15 is 0 Å². The molecule has 0 saturated carbocycles. The SMILES string of the molecule is CCOC(C)CNCc1ccc(Br)c(F)c1. The maximum absolute atomic E-state index is 13.2. The third-order valence-corrected chi connectivity index (χ3v) is 2.84. The summed E-state index contributed by atoms with van der Waals surface area (Å²) in [4.78, 5) is 0. The first-order chi connectivity index (χ1) is 7.63. The lowest BCUT2D eigenvalue weighted by Crippen LogP contribution is -2.26. The van der Waals surface area contributed by atoms with E-state index in [4.69, 9.17) is 4.74 Å². The Kier molecular flexibility index (Phi) is 5.95. The molecule has 0 bridgehead atoms. The Labute approximate surface area is 104 Å². The van der Waals surface area contributed by atoms with Gasteiger partial charge in [-0.2, -0.15) is 0 Å². The van der Waals surface area contributed by atoms with Crippen LogP contribution in [0, 0.1) is 5.82 Å². The van der Waals surface area contributed by atoms with Crippen molar-refractivity contribution >= 4 is 15.9 Å². The number of hydrogen-bond donors (Lipinski definition) is 1. The first-order valence-electron chi connectivity index (χ1n) is 5.39. The lowest BCUT2D eigenvalue weighted by molar-refractivity contribution is 0.0759. The fourth-order valence-electron chi connectivity index (χ4n) is 1.41. The van der Waals surface area contributed by atoms with Gasteiger partial charge in [0.1, 0.15) is 5.82 Å². The highest BCUT2D eigenvalue weighted by Gasteiger charge is 2.02. The minimum atomic E-state index is -0.225. The minimum Gasteiger partial charge on any atom is -0.377 e. The summed E-state index contributed by atoms with van der Waals surface area (Å²) in [6.07, 6.45) is 0.185. The number of nitrogens with one attached hydrogen (secondary N) is 1. The molecule has 2 nitrogen and oxygen atoms in total. The summed E-state index contributed by atoms with van der Waals surface area (Å²) in [7, 11) is 0. The Morgan fingerprint density at radius 3 is 2.88 bits per heavy atom. The number of hydrogen-bond acceptors (Lipinski definition) is 2. The lowest BCUT2D eigenvalue weighted by Gasteiger charge is -2.12. The van der Waals surface area contributed by atoms with E-state index in [2.05, 4.69) is 21.2 Å². The van der Waals surface area contributed by atoms with Crippen LogP contribution in [0.2, 0.25) is 0 Å². The summed E-state index contributed by atoms with van der Waals surface area (Å²) in [6, 6.07) is 5.15. The molecule has 0 fully saturated rings. The molecule has 0 saturated heterocycles. The summed E-state index contributed by atoms with van der Waals surface area (Å²) >= 11 is 3.13.